The molecular weight excluding hydrogens is 461 g/mol. The van der Waals surface area contributed by atoms with Crippen LogP contribution in [-0.2, 0) is 30.5 Å². The van der Waals surface area contributed by atoms with E-state index < -0.39 is 40.2 Å². The second-order valence-corrected chi connectivity index (χ2v) is 9.19. The number of carbonyl (C=O) groups excluding carboxylic acids is 2. The first-order chi connectivity index (χ1) is 15.6. The number of halogens is 3. The Morgan fingerprint density at radius 1 is 1.06 bits per heavy atom. The number of hydrogen-bond acceptors (Lipinski definition) is 5. The summed E-state index contributed by atoms with van der Waals surface area (Å²) in [6.07, 6.45) is -0.867. The zero-order valence-electron chi connectivity index (χ0n) is 17.3. The number of ether oxygens (including phenoxy) is 1. The first kappa shape index (κ1) is 24.5. The Morgan fingerprint density at radius 3 is 2.45 bits per heavy atom. The molecule has 1 saturated heterocycles. The molecule has 0 atom stereocenters. The lowest BCUT2D eigenvalue weighted by molar-refractivity contribution is -0.142. The highest BCUT2D eigenvalue weighted by Gasteiger charge is 2.30. The van der Waals surface area contributed by atoms with Crippen molar-refractivity contribution in [2.45, 2.75) is 23.9 Å². The van der Waals surface area contributed by atoms with Crippen LogP contribution in [0.4, 0.5) is 18.9 Å². The number of amides is 1. The van der Waals surface area contributed by atoms with Crippen LogP contribution in [0.15, 0.2) is 59.5 Å². The molecule has 1 N–H and O–H groups in total. The summed E-state index contributed by atoms with van der Waals surface area (Å²) in [6, 6.07) is 10.1. The van der Waals surface area contributed by atoms with Crippen molar-refractivity contribution in [3.63, 3.8) is 0 Å². The van der Waals surface area contributed by atoms with E-state index in [1.807, 2.05) is 0 Å². The van der Waals surface area contributed by atoms with Gasteiger partial charge in [0.15, 0.2) is 6.61 Å². The number of nitrogens with one attached hydrogen (secondary N) is 1. The molecule has 0 saturated carbocycles. The van der Waals surface area contributed by atoms with E-state index in [1.165, 1.54) is 40.7 Å². The summed E-state index contributed by atoms with van der Waals surface area (Å²) in [4.78, 5) is 23.9. The SMILES string of the molecule is O=C(COC(=O)/C=C/c1cccc(C(F)(F)F)c1)Nc1cccc(S(=O)(=O)N2CCCC2)c1. The van der Waals surface area contributed by atoms with Crippen LogP contribution < -0.4 is 5.32 Å². The number of alkyl halides is 3. The minimum atomic E-state index is -4.51. The summed E-state index contributed by atoms with van der Waals surface area (Å²) in [7, 11) is -3.65. The van der Waals surface area contributed by atoms with E-state index in [9.17, 15) is 31.2 Å². The van der Waals surface area contributed by atoms with Crippen molar-refractivity contribution in [2.75, 3.05) is 25.0 Å². The van der Waals surface area contributed by atoms with Crippen molar-refractivity contribution in [1.29, 1.82) is 0 Å². The summed E-state index contributed by atoms with van der Waals surface area (Å²) < 4.78 is 69.6. The normalized spacial score (nSPS) is 15.0. The zero-order chi connectivity index (χ0) is 24.1. The Bertz CT molecular complexity index is 1160. The molecule has 176 valence electrons. The molecule has 7 nitrogen and oxygen atoms in total. The third-order valence-electron chi connectivity index (χ3n) is 4.79. The lowest BCUT2D eigenvalue weighted by atomic mass is 10.1. The van der Waals surface area contributed by atoms with E-state index >= 15 is 0 Å². The Morgan fingerprint density at radius 2 is 1.76 bits per heavy atom. The van der Waals surface area contributed by atoms with E-state index in [0.717, 1.165) is 37.1 Å². The van der Waals surface area contributed by atoms with Gasteiger partial charge >= 0.3 is 12.1 Å². The molecular formula is C22H21F3N2O5S. The molecule has 0 radical (unpaired) electrons. The van der Waals surface area contributed by atoms with E-state index in [-0.39, 0.29) is 16.1 Å². The molecule has 0 unspecified atom stereocenters. The number of rotatable bonds is 7. The summed E-state index contributed by atoms with van der Waals surface area (Å²) in [5.74, 6) is -1.63. The van der Waals surface area contributed by atoms with Crippen molar-refractivity contribution in [3.8, 4) is 0 Å². The Kier molecular flexibility index (Phi) is 7.54. The summed E-state index contributed by atoms with van der Waals surface area (Å²) in [5, 5.41) is 2.45. The molecule has 0 bridgehead atoms. The van der Waals surface area contributed by atoms with Crippen LogP contribution >= 0.6 is 0 Å². The van der Waals surface area contributed by atoms with Gasteiger partial charge in [0.2, 0.25) is 10.0 Å². The van der Waals surface area contributed by atoms with E-state index in [4.69, 9.17) is 4.74 Å². The smallest absolute Gasteiger partial charge is 0.416 e. The Balaban J connectivity index is 1.54. The highest BCUT2D eigenvalue weighted by molar-refractivity contribution is 7.89. The van der Waals surface area contributed by atoms with Crippen LogP contribution in [0.3, 0.4) is 0 Å². The molecule has 0 aromatic heterocycles. The van der Waals surface area contributed by atoms with Crippen molar-refractivity contribution in [3.05, 3.63) is 65.7 Å². The molecule has 1 fully saturated rings. The maximum Gasteiger partial charge on any atom is 0.416 e. The van der Waals surface area contributed by atoms with Crippen molar-refractivity contribution >= 4 is 33.7 Å². The summed E-state index contributed by atoms with van der Waals surface area (Å²) in [6.45, 7) is 0.237. The largest absolute Gasteiger partial charge is 0.452 e. The molecule has 0 spiro atoms. The minimum absolute atomic E-state index is 0.0446. The topological polar surface area (TPSA) is 92.8 Å². The average molecular weight is 482 g/mol. The molecule has 33 heavy (non-hydrogen) atoms. The molecule has 3 rings (SSSR count). The monoisotopic (exact) mass is 482 g/mol. The highest BCUT2D eigenvalue weighted by atomic mass is 32.2. The first-order valence-corrected chi connectivity index (χ1v) is 11.4. The molecule has 1 amide bonds. The van der Waals surface area contributed by atoms with Crippen molar-refractivity contribution < 1.29 is 35.9 Å². The lowest BCUT2D eigenvalue weighted by Crippen LogP contribution is -2.28. The van der Waals surface area contributed by atoms with Gasteiger partial charge in [0.05, 0.1) is 10.5 Å². The lowest BCUT2D eigenvalue weighted by Gasteiger charge is -2.16. The number of carbonyl (C=O) groups is 2. The second-order valence-electron chi connectivity index (χ2n) is 7.25. The fourth-order valence-corrected chi connectivity index (χ4v) is 4.74. The van der Waals surface area contributed by atoms with Gasteiger partial charge in [0.1, 0.15) is 0 Å². The van der Waals surface area contributed by atoms with Gasteiger partial charge in [-0.2, -0.15) is 17.5 Å². The Labute approximate surface area is 188 Å². The molecule has 0 aliphatic carbocycles. The van der Waals surface area contributed by atoms with Crippen LogP contribution in [-0.4, -0.2) is 44.3 Å². The van der Waals surface area contributed by atoms with Crippen molar-refractivity contribution in [2.24, 2.45) is 0 Å². The van der Waals surface area contributed by atoms with Crippen molar-refractivity contribution in [1.82, 2.24) is 4.31 Å². The number of anilines is 1. The minimum Gasteiger partial charge on any atom is -0.452 e. The van der Waals surface area contributed by atoms with Crippen LogP contribution in [0.1, 0.15) is 24.0 Å². The van der Waals surface area contributed by atoms with Gasteiger partial charge in [-0.05, 0) is 54.8 Å². The highest BCUT2D eigenvalue weighted by Crippen LogP contribution is 2.29. The molecule has 1 aliphatic heterocycles. The van der Waals surface area contributed by atoms with Crippen LogP contribution in [0.2, 0.25) is 0 Å². The number of esters is 1. The number of sulfonamides is 1. The first-order valence-electron chi connectivity index (χ1n) is 9.98. The molecule has 2 aromatic carbocycles. The average Bonchev–Trinajstić information content (AvgIpc) is 3.32. The van der Waals surface area contributed by atoms with E-state index in [0.29, 0.717) is 13.1 Å². The standard InChI is InChI=1S/C22H21F3N2O5S/c23-22(24,25)17-6-3-5-16(13-17)9-10-21(29)32-15-20(28)26-18-7-4-8-19(14-18)33(30,31)27-11-1-2-12-27/h3-10,13-14H,1-2,11-12,15H2,(H,26,28)/b10-9+. The zero-order valence-corrected chi connectivity index (χ0v) is 18.2. The van der Waals surface area contributed by atoms with Gasteiger partial charge in [0.25, 0.3) is 5.91 Å². The third kappa shape index (κ3) is 6.65. The number of hydrogen-bond donors (Lipinski definition) is 1. The fraction of sp³-hybridized carbons (Fsp3) is 0.273. The van der Waals surface area contributed by atoms with E-state index in [1.54, 1.807) is 0 Å². The molecule has 11 heteroatoms. The summed E-state index contributed by atoms with van der Waals surface area (Å²) in [5.41, 5.74) is -0.496. The van der Waals surface area contributed by atoms with E-state index in [2.05, 4.69) is 5.32 Å². The van der Waals surface area contributed by atoms with Gasteiger partial charge in [-0.25, -0.2) is 13.2 Å². The predicted molar refractivity (Wildman–Crippen MR) is 115 cm³/mol. The molecule has 2 aromatic rings. The van der Waals surface area contributed by atoms with Crippen LogP contribution in [0.25, 0.3) is 6.08 Å². The predicted octanol–water partition coefficient (Wildman–Crippen LogP) is 3.69. The third-order valence-corrected chi connectivity index (χ3v) is 6.69. The van der Waals surface area contributed by atoms with Gasteiger partial charge in [-0.3, -0.25) is 4.79 Å². The Hall–Kier alpha value is -3.18. The van der Waals surface area contributed by atoms with Crippen LogP contribution in [0, 0.1) is 0 Å². The summed E-state index contributed by atoms with van der Waals surface area (Å²) >= 11 is 0. The molecule has 1 aliphatic rings. The number of benzene rings is 2. The van der Waals surface area contributed by atoms with Gasteiger partial charge in [0, 0.05) is 24.9 Å². The van der Waals surface area contributed by atoms with Gasteiger partial charge < -0.3 is 10.1 Å². The van der Waals surface area contributed by atoms with Gasteiger partial charge in [-0.1, -0.05) is 18.2 Å². The number of nitrogens with zero attached hydrogens (tertiary/aromatic N) is 1. The van der Waals surface area contributed by atoms with Gasteiger partial charge in [-0.15, -0.1) is 0 Å². The maximum atomic E-state index is 12.7. The fourth-order valence-electron chi connectivity index (χ4n) is 3.18. The maximum absolute atomic E-state index is 12.7. The second kappa shape index (κ2) is 10.2. The van der Waals surface area contributed by atoms with Crippen LogP contribution in [0.5, 0.6) is 0 Å². The quantitative estimate of drug-likeness (QED) is 0.480. The molecule has 1 heterocycles.